The van der Waals surface area contributed by atoms with Gasteiger partial charge in [0.25, 0.3) is 0 Å². The minimum Gasteiger partial charge on any atom is -0.465 e. The average molecular weight is 406 g/mol. The molecule has 1 aliphatic heterocycles. The lowest BCUT2D eigenvalue weighted by atomic mass is 10.2. The van der Waals surface area contributed by atoms with Crippen LogP contribution in [0.5, 0.6) is 0 Å². The van der Waals surface area contributed by atoms with Crippen LogP contribution in [0.1, 0.15) is 10.4 Å². The zero-order chi connectivity index (χ0) is 20.3. The van der Waals surface area contributed by atoms with E-state index in [0.717, 1.165) is 0 Å². The number of anilines is 1. The van der Waals surface area contributed by atoms with E-state index < -0.39 is 17.8 Å². The summed E-state index contributed by atoms with van der Waals surface area (Å²) in [5, 5.41) is 11.7. The van der Waals surface area contributed by atoms with E-state index in [1.165, 1.54) is 38.8 Å². The molecule has 0 radical (unpaired) electrons. The van der Waals surface area contributed by atoms with Crippen LogP contribution in [0.3, 0.4) is 0 Å². The number of halogens is 1. The fourth-order valence-electron chi connectivity index (χ4n) is 2.72. The maximum absolute atomic E-state index is 12.3. The van der Waals surface area contributed by atoms with E-state index >= 15 is 0 Å². The number of nitrogens with one attached hydrogen (secondary N) is 1. The molecular weight excluding hydrogens is 390 g/mol. The number of aromatic nitrogens is 2. The SMILES string of the molecule is O=Cc1ccc(-n2ccc(NC(=O)N3CCN(C(=O)O)CC3)nc2=O)cc1Cl. The van der Waals surface area contributed by atoms with Crippen LogP contribution in [0, 0.1) is 0 Å². The molecule has 146 valence electrons. The van der Waals surface area contributed by atoms with Gasteiger partial charge in [-0.3, -0.25) is 14.7 Å². The van der Waals surface area contributed by atoms with Crippen LogP contribution in [-0.4, -0.2) is 69.0 Å². The van der Waals surface area contributed by atoms with Crippen molar-refractivity contribution in [3.05, 3.63) is 51.5 Å². The molecule has 1 saturated heterocycles. The van der Waals surface area contributed by atoms with Gasteiger partial charge < -0.3 is 14.9 Å². The van der Waals surface area contributed by atoms with E-state index in [9.17, 15) is 19.2 Å². The van der Waals surface area contributed by atoms with Crippen molar-refractivity contribution in [3.8, 4) is 5.69 Å². The number of aldehydes is 1. The molecule has 2 N–H and O–H groups in total. The molecule has 10 nitrogen and oxygen atoms in total. The minimum absolute atomic E-state index is 0.0718. The Morgan fingerprint density at radius 1 is 1.14 bits per heavy atom. The molecule has 0 atom stereocenters. The zero-order valence-electron chi connectivity index (χ0n) is 14.5. The first kappa shape index (κ1) is 19.4. The van der Waals surface area contributed by atoms with E-state index in [2.05, 4.69) is 10.3 Å². The average Bonchev–Trinajstić information content (AvgIpc) is 2.68. The van der Waals surface area contributed by atoms with Crippen molar-refractivity contribution in [2.45, 2.75) is 0 Å². The number of carboxylic acid groups (broad SMARTS) is 1. The first-order chi connectivity index (χ1) is 13.4. The van der Waals surface area contributed by atoms with Crippen LogP contribution in [-0.2, 0) is 0 Å². The second-order valence-electron chi connectivity index (χ2n) is 5.98. The first-order valence-corrected chi connectivity index (χ1v) is 8.65. The number of piperazine rings is 1. The lowest BCUT2D eigenvalue weighted by molar-refractivity contribution is 0.112. The number of urea groups is 1. The van der Waals surface area contributed by atoms with Gasteiger partial charge in [0, 0.05) is 37.9 Å². The monoisotopic (exact) mass is 405 g/mol. The Labute approximate surface area is 163 Å². The number of amides is 3. The van der Waals surface area contributed by atoms with E-state index in [-0.39, 0.29) is 37.0 Å². The van der Waals surface area contributed by atoms with Crippen LogP contribution in [0.15, 0.2) is 35.3 Å². The molecule has 1 aromatic heterocycles. The second-order valence-corrected chi connectivity index (χ2v) is 6.38. The Morgan fingerprint density at radius 3 is 2.39 bits per heavy atom. The summed E-state index contributed by atoms with van der Waals surface area (Å²) in [5.41, 5.74) is 0.0949. The molecule has 28 heavy (non-hydrogen) atoms. The highest BCUT2D eigenvalue weighted by atomic mass is 35.5. The Kier molecular flexibility index (Phi) is 5.59. The fraction of sp³-hybridized carbons (Fsp3) is 0.235. The highest BCUT2D eigenvalue weighted by Gasteiger charge is 2.24. The third kappa shape index (κ3) is 4.12. The maximum atomic E-state index is 12.3. The molecular formula is C17H16ClN5O5. The van der Waals surface area contributed by atoms with Gasteiger partial charge in [0.15, 0.2) is 6.29 Å². The Balaban J connectivity index is 1.70. The van der Waals surface area contributed by atoms with Crippen LogP contribution in [0.25, 0.3) is 5.69 Å². The van der Waals surface area contributed by atoms with Crippen molar-refractivity contribution in [2.75, 3.05) is 31.5 Å². The van der Waals surface area contributed by atoms with Crippen molar-refractivity contribution >= 4 is 35.8 Å². The van der Waals surface area contributed by atoms with Gasteiger partial charge in [-0.05, 0) is 24.3 Å². The number of benzene rings is 1. The van der Waals surface area contributed by atoms with Crippen molar-refractivity contribution in [1.82, 2.24) is 19.4 Å². The highest BCUT2D eigenvalue weighted by Crippen LogP contribution is 2.18. The standard InChI is InChI=1S/C17H16ClN5O5/c18-13-9-12(2-1-11(13)10-24)23-4-3-14(20-16(23)26)19-15(25)21-5-7-22(8-6-21)17(27)28/h1-4,9-10H,5-8H2,(H,27,28)(H,19,20,25,26). The van der Waals surface area contributed by atoms with Gasteiger partial charge in [-0.1, -0.05) is 11.6 Å². The molecule has 3 amide bonds. The molecule has 0 unspecified atom stereocenters. The van der Waals surface area contributed by atoms with Gasteiger partial charge in [0.2, 0.25) is 0 Å². The Bertz CT molecular complexity index is 984. The number of carbonyl (C=O) groups is 3. The van der Waals surface area contributed by atoms with E-state index in [4.69, 9.17) is 16.7 Å². The summed E-state index contributed by atoms with van der Waals surface area (Å²) in [6, 6.07) is 5.50. The molecule has 0 bridgehead atoms. The minimum atomic E-state index is -1.02. The van der Waals surface area contributed by atoms with Gasteiger partial charge in [-0.2, -0.15) is 4.98 Å². The molecule has 0 aliphatic carbocycles. The van der Waals surface area contributed by atoms with Crippen molar-refractivity contribution in [3.63, 3.8) is 0 Å². The smallest absolute Gasteiger partial charge is 0.407 e. The third-order valence-corrected chi connectivity index (χ3v) is 4.59. The van der Waals surface area contributed by atoms with Crippen LogP contribution in [0.4, 0.5) is 15.4 Å². The van der Waals surface area contributed by atoms with Crippen molar-refractivity contribution < 1.29 is 19.5 Å². The number of hydrogen-bond acceptors (Lipinski definition) is 5. The number of rotatable bonds is 3. The summed E-state index contributed by atoms with van der Waals surface area (Å²) < 4.78 is 1.22. The van der Waals surface area contributed by atoms with Crippen molar-refractivity contribution in [2.24, 2.45) is 0 Å². The lowest BCUT2D eigenvalue weighted by Gasteiger charge is -2.32. The summed E-state index contributed by atoms with van der Waals surface area (Å²) >= 11 is 5.98. The van der Waals surface area contributed by atoms with Gasteiger partial charge >= 0.3 is 17.8 Å². The molecule has 1 aliphatic rings. The summed E-state index contributed by atoms with van der Waals surface area (Å²) in [6.45, 7) is 0.929. The highest BCUT2D eigenvalue weighted by molar-refractivity contribution is 6.33. The molecule has 0 spiro atoms. The summed E-state index contributed by atoms with van der Waals surface area (Å²) in [6.07, 6.45) is 1.02. The fourth-order valence-corrected chi connectivity index (χ4v) is 2.94. The molecule has 11 heteroatoms. The number of hydrogen-bond donors (Lipinski definition) is 2. The third-order valence-electron chi connectivity index (χ3n) is 4.27. The summed E-state index contributed by atoms with van der Waals surface area (Å²) in [7, 11) is 0. The van der Waals surface area contributed by atoms with Crippen LogP contribution >= 0.6 is 11.6 Å². The van der Waals surface area contributed by atoms with E-state index in [1.807, 2.05) is 0 Å². The second kappa shape index (κ2) is 8.09. The van der Waals surface area contributed by atoms with E-state index in [1.54, 1.807) is 6.07 Å². The van der Waals surface area contributed by atoms with Gasteiger partial charge in [0.1, 0.15) is 5.82 Å². The molecule has 1 fully saturated rings. The lowest BCUT2D eigenvalue weighted by Crippen LogP contribution is -2.51. The van der Waals surface area contributed by atoms with Crippen LogP contribution in [0.2, 0.25) is 5.02 Å². The molecule has 3 rings (SSSR count). The topological polar surface area (TPSA) is 125 Å². The molecule has 0 saturated carbocycles. The molecule has 2 heterocycles. The molecule has 1 aromatic carbocycles. The normalized spacial score (nSPS) is 13.9. The van der Waals surface area contributed by atoms with E-state index in [0.29, 0.717) is 17.5 Å². The maximum Gasteiger partial charge on any atom is 0.407 e. The quantitative estimate of drug-likeness (QED) is 0.746. The van der Waals surface area contributed by atoms with Crippen molar-refractivity contribution in [1.29, 1.82) is 0 Å². The first-order valence-electron chi connectivity index (χ1n) is 8.27. The largest absolute Gasteiger partial charge is 0.465 e. The predicted molar refractivity (Wildman–Crippen MR) is 100 cm³/mol. The number of carbonyl (C=O) groups excluding carboxylic acids is 2. The van der Waals surface area contributed by atoms with Gasteiger partial charge in [-0.25, -0.2) is 14.4 Å². The Hall–Kier alpha value is -3.40. The summed E-state index contributed by atoms with van der Waals surface area (Å²) in [5.74, 6) is 0.0718. The predicted octanol–water partition coefficient (Wildman–Crippen LogP) is 1.53. The van der Waals surface area contributed by atoms with Gasteiger partial charge in [-0.15, -0.1) is 0 Å². The summed E-state index contributed by atoms with van der Waals surface area (Å²) in [4.78, 5) is 52.8. The zero-order valence-corrected chi connectivity index (χ0v) is 15.3. The molecule has 2 aromatic rings. The number of nitrogens with zero attached hydrogens (tertiary/aromatic N) is 4. The Morgan fingerprint density at radius 2 is 1.82 bits per heavy atom. The van der Waals surface area contributed by atoms with Gasteiger partial charge in [0.05, 0.1) is 10.7 Å². The van der Waals surface area contributed by atoms with Crippen LogP contribution < -0.4 is 11.0 Å².